The number of nitrogens with zero attached hydrogens (tertiary/aromatic N) is 3. The summed E-state index contributed by atoms with van der Waals surface area (Å²) >= 11 is 0. The van der Waals surface area contributed by atoms with Gasteiger partial charge in [0, 0.05) is 14.1 Å². The van der Waals surface area contributed by atoms with Gasteiger partial charge in [0.05, 0.1) is 28.9 Å². The quantitative estimate of drug-likeness (QED) is 0.755. The van der Waals surface area contributed by atoms with Crippen LogP contribution in [0.3, 0.4) is 0 Å². The Bertz CT molecular complexity index is 1160. The number of fused-ring (bicyclic) bond motifs is 1. The molecular formula is C19H20N4O4. The number of para-hydroxylation sites is 2. The molecule has 8 nitrogen and oxygen atoms in total. The molecule has 0 fully saturated rings. The van der Waals surface area contributed by atoms with E-state index < -0.39 is 17.2 Å². The molecule has 0 saturated heterocycles. The summed E-state index contributed by atoms with van der Waals surface area (Å²) in [7, 11) is 2.93. The van der Waals surface area contributed by atoms with E-state index >= 15 is 0 Å². The highest BCUT2D eigenvalue weighted by Crippen LogP contribution is 2.25. The average molecular weight is 368 g/mol. The van der Waals surface area contributed by atoms with Crippen molar-refractivity contribution in [1.82, 2.24) is 14.1 Å². The van der Waals surface area contributed by atoms with Crippen LogP contribution in [0.25, 0.3) is 11.0 Å². The van der Waals surface area contributed by atoms with Crippen molar-refractivity contribution in [2.24, 2.45) is 14.1 Å². The lowest BCUT2D eigenvalue weighted by atomic mass is 10.1. The van der Waals surface area contributed by atoms with Crippen molar-refractivity contribution in [2.75, 3.05) is 11.9 Å². The Hall–Kier alpha value is -3.42. The number of carbonyl (C=O) groups excluding carboxylic acids is 1. The fraction of sp³-hybridized carbons (Fsp3) is 0.263. The summed E-state index contributed by atoms with van der Waals surface area (Å²) in [5, 5.41) is 3.00. The van der Waals surface area contributed by atoms with Crippen LogP contribution < -0.4 is 21.3 Å². The van der Waals surface area contributed by atoms with E-state index in [0.717, 1.165) is 4.57 Å². The third-order valence-corrected chi connectivity index (χ3v) is 4.30. The second-order valence-corrected chi connectivity index (χ2v) is 6.08. The molecule has 27 heavy (non-hydrogen) atoms. The van der Waals surface area contributed by atoms with Gasteiger partial charge in [-0.2, -0.15) is 0 Å². The van der Waals surface area contributed by atoms with Crippen LogP contribution in [0.15, 0.2) is 39.9 Å². The van der Waals surface area contributed by atoms with E-state index in [2.05, 4.69) is 10.3 Å². The summed E-state index contributed by atoms with van der Waals surface area (Å²) < 4.78 is 7.80. The van der Waals surface area contributed by atoms with E-state index in [1.165, 1.54) is 24.7 Å². The Kier molecular flexibility index (Phi) is 4.81. The molecule has 0 aliphatic rings. The van der Waals surface area contributed by atoms with Gasteiger partial charge in [0.2, 0.25) is 0 Å². The Labute approximate surface area is 155 Å². The number of amides is 1. The zero-order chi connectivity index (χ0) is 19.7. The fourth-order valence-electron chi connectivity index (χ4n) is 2.86. The molecule has 1 amide bonds. The highest BCUT2D eigenvalue weighted by molar-refractivity contribution is 6.07. The van der Waals surface area contributed by atoms with Gasteiger partial charge >= 0.3 is 5.69 Å². The number of aromatic nitrogens is 3. The molecular weight excluding hydrogens is 348 g/mol. The lowest BCUT2D eigenvalue weighted by Gasteiger charge is -2.13. The normalized spacial score (nSPS) is 10.8. The van der Waals surface area contributed by atoms with Gasteiger partial charge in [-0.25, -0.2) is 9.78 Å². The first-order chi connectivity index (χ1) is 12.8. The van der Waals surface area contributed by atoms with Gasteiger partial charge in [0.25, 0.3) is 11.5 Å². The second-order valence-electron chi connectivity index (χ2n) is 6.08. The molecule has 8 heteroatoms. The summed E-state index contributed by atoms with van der Waals surface area (Å²) in [4.78, 5) is 41.6. The maximum atomic E-state index is 12.8. The molecule has 0 radical (unpaired) electrons. The van der Waals surface area contributed by atoms with Crippen molar-refractivity contribution in [3.63, 3.8) is 0 Å². The topological polar surface area (TPSA) is 95.2 Å². The molecule has 0 aliphatic carbocycles. The van der Waals surface area contributed by atoms with Crippen LogP contribution in [-0.2, 0) is 14.1 Å². The smallest absolute Gasteiger partial charge is 0.332 e. The summed E-state index contributed by atoms with van der Waals surface area (Å²) in [6.45, 7) is 3.98. The molecule has 0 bridgehead atoms. The number of rotatable bonds is 4. The minimum absolute atomic E-state index is 0.202. The highest BCUT2D eigenvalue weighted by Gasteiger charge is 2.17. The van der Waals surface area contributed by atoms with Crippen LogP contribution in [-0.4, -0.2) is 26.6 Å². The molecule has 0 saturated carbocycles. The van der Waals surface area contributed by atoms with Gasteiger partial charge in [-0.15, -0.1) is 0 Å². The summed E-state index contributed by atoms with van der Waals surface area (Å²) in [5.41, 5.74) is 0.470. The minimum atomic E-state index is -0.496. The van der Waals surface area contributed by atoms with Gasteiger partial charge in [0.15, 0.2) is 0 Å². The van der Waals surface area contributed by atoms with Crippen LogP contribution in [0.1, 0.15) is 23.0 Å². The standard InChI is InChI=1S/C19H20N4O4/c1-5-27-15-9-7-6-8-14(15)21-17(24)12-10-13-16(20-11(12)2)22(3)19(26)23(4)18(13)25/h6-10H,5H2,1-4H3,(H,21,24). The molecule has 0 unspecified atom stereocenters. The van der Waals surface area contributed by atoms with Crippen molar-refractivity contribution < 1.29 is 9.53 Å². The van der Waals surface area contributed by atoms with Gasteiger partial charge < -0.3 is 10.1 Å². The molecule has 0 aliphatic heterocycles. The molecule has 0 atom stereocenters. The third kappa shape index (κ3) is 3.21. The first kappa shape index (κ1) is 18.4. The van der Waals surface area contributed by atoms with Gasteiger partial charge in [-0.05, 0) is 32.0 Å². The number of hydrogen-bond acceptors (Lipinski definition) is 5. The number of anilines is 1. The zero-order valence-electron chi connectivity index (χ0n) is 15.6. The van der Waals surface area contributed by atoms with Gasteiger partial charge in [0.1, 0.15) is 11.4 Å². The number of carbonyl (C=O) groups is 1. The number of aryl methyl sites for hydroxylation is 2. The first-order valence-corrected chi connectivity index (χ1v) is 8.45. The average Bonchev–Trinajstić information content (AvgIpc) is 2.66. The largest absolute Gasteiger partial charge is 0.492 e. The lowest BCUT2D eigenvalue weighted by molar-refractivity contribution is 0.102. The van der Waals surface area contributed by atoms with Crippen molar-refractivity contribution in [3.8, 4) is 5.75 Å². The first-order valence-electron chi connectivity index (χ1n) is 8.45. The van der Waals surface area contributed by atoms with E-state index in [9.17, 15) is 14.4 Å². The van der Waals surface area contributed by atoms with Gasteiger partial charge in [-0.3, -0.25) is 18.7 Å². The molecule has 0 spiro atoms. The lowest BCUT2D eigenvalue weighted by Crippen LogP contribution is -2.37. The maximum Gasteiger partial charge on any atom is 0.332 e. The summed E-state index contributed by atoms with van der Waals surface area (Å²) in [6.07, 6.45) is 0. The fourth-order valence-corrected chi connectivity index (χ4v) is 2.86. The summed E-state index contributed by atoms with van der Waals surface area (Å²) in [6, 6.07) is 8.56. The van der Waals surface area contributed by atoms with Crippen molar-refractivity contribution in [3.05, 3.63) is 62.4 Å². The number of hydrogen-bond donors (Lipinski definition) is 1. The molecule has 3 aromatic rings. The second kappa shape index (κ2) is 7.06. The minimum Gasteiger partial charge on any atom is -0.492 e. The number of ether oxygens (including phenoxy) is 1. The van der Waals surface area contributed by atoms with Crippen molar-refractivity contribution in [1.29, 1.82) is 0 Å². The monoisotopic (exact) mass is 368 g/mol. The van der Waals surface area contributed by atoms with E-state index in [1.807, 2.05) is 13.0 Å². The molecule has 2 aromatic heterocycles. The van der Waals surface area contributed by atoms with Crippen LogP contribution in [0.4, 0.5) is 5.69 Å². The van der Waals surface area contributed by atoms with Crippen molar-refractivity contribution in [2.45, 2.75) is 13.8 Å². The van der Waals surface area contributed by atoms with E-state index in [1.54, 1.807) is 25.1 Å². The van der Waals surface area contributed by atoms with Crippen LogP contribution in [0.5, 0.6) is 5.75 Å². The third-order valence-electron chi connectivity index (χ3n) is 4.30. The Balaban J connectivity index is 2.10. The van der Waals surface area contributed by atoms with Crippen molar-refractivity contribution >= 4 is 22.6 Å². The molecule has 1 aromatic carbocycles. The number of nitrogens with one attached hydrogen (secondary N) is 1. The molecule has 140 valence electrons. The Morgan fingerprint density at radius 1 is 1.19 bits per heavy atom. The van der Waals surface area contributed by atoms with Crippen LogP contribution in [0, 0.1) is 6.92 Å². The molecule has 3 rings (SSSR count). The maximum absolute atomic E-state index is 12.8. The van der Waals surface area contributed by atoms with E-state index in [-0.39, 0.29) is 16.6 Å². The van der Waals surface area contributed by atoms with E-state index in [4.69, 9.17) is 4.74 Å². The van der Waals surface area contributed by atoms with Crippen LogP contribution in [0.2, 0.25) is 0 Å². The SMILES string of the molecule is CCOc1ccccc1NC(=O)c1cc2c(=O)n(C)c(=O)n(C)c2nc1C. The highest BCUT2D eigenvalue weighted by atomic mass is 16.5. The zero-order valence-corrected chi connectivity index (χ0v) is 15.6. The predicted octanol–water partition coefficient (Wildman–Crippen LogP) is 1.59. The van der Waals surface area contributed by atoms with Crippen LogP contribution >= 0.6 is 0 Å². The number of benzene rings is 1. The van der Waals surface area contributed by atoms with E-state index in [0.29, 0.717) is 23.7 Å². The Morgan fingerprint density at radius 3 is 2.59 bits per heavy atom. The predicted molar refractivity (Wildman–Crippen MR) is 103 cm³/mol. The Morgan fingerprint density at radius 2 is 1.89 bits per heavy atom. The van der Waals surface area contributed by atoms with Gasteiger partial charge in [-0.1, -0.05) is 12.1 Å². The molecule has 2 heterocycles. The number of pyridine rings is 1. The molecule has 1 N–H and O–H groups in total. The summed E-state index contributed by atoms with van der Waals surface area (Å²) in [5.74, 6) is 0.142.